The molecule has 1 fully saturated rings. The first-order valence-electron chi connectivity index (χ1n) is 10.9. The van der Waals surface area contributed by atoms with Crippen molar-refractivity contribution in [2.24, 2.45) is 0 Å². The number of carboxylic acid groups (broad SMARTS) is 2. The molecule has 0 amide bonds. The Balaban J connectivity index is 0.000000601. The Morgan fingerprint density at radius 1 is 0.970 bits per heavy atom. The largest absolute Gasteiger partial charge is 0.503 e. The topological polar surface area (TPSA) is 123 Å². The lowest BCUT2D eigenvalue weighted by molar-refractivity contribution is 0.137. The van der Waals surface area contributed by atoms with E-state index in [0.717, 1.165) is 34.1 Å². The van der Waals surface area contributed by atoms with Crippen molar-refractivity contribution >= 4 is 17.5 Å². The van der Waals surface area contributed by atoms with Crippen molar-refractivity contribution in [2.75, 3.05) is 5.73 Å². The minimum atomic E-state index is -1.83. The van der Waals surface area contributed by atoms with Gasteiger partial charge in [-0.15, -0.1) is 0 Å². The fourth-order valence-electron chi connectivity index (χ4n) is 4.24. The molecule has 4 aromatic rings. The van der Waals surface area contributed by atoms with Crippen LogP contribution in [0.1, 0.15) is 43.8 Å². The van der Waals surface area contributed by atoms with Crippen LogP contribution in [0.4, 0.5) is 10.6 Å². The second-order valence-corrected chi connectivity index (χ2v) is 7.91. The van der Waals surface area contributed by atoms with Crippen molar-refractivity contribution < 1.29 is 19.7 Å². The molecule has 33 heavy (non-hydrogen) atoms. The van der Waals surface area contributed by atoms with Crippen LogP contribution in [0, 0.1) is 0 Å². The summed E-state index contributed by atoms with van der Waals surface area (Å²) in [5.74, 6) is 3.71. The number of fused-ring (bicyclic) bond motifs is 1. The Bertz CT molecular complexity index is 1210. The zero-order valence-corrected chi connectivity index (χ0v) is 18.1. The number of hydrogen-bond donors (Lipinski definition) is 3. The van der Waals surface area contributed by atoms with E-state index in [2.05, 4.69) is 9.38 Å². The average Bonchev–Trinajstić information content (AvgIpc) is 3.22. The maximum atomic E-state index is 8.56. The van der Waals surface area contributed by atoms with Gasteiger partial charge in [0, 0.05) is 23.9 Å². The SMILES string of the molecule is Nc1nccn2c(C3CCCCC3)nc(-c3ccc(Oc4ccccc4)cc3)c12.O=C(O)O. The number of para-hydroxylation sites is 1. The molecular formula is C25H26N4O4. The van der Waals surface area contributed by atoms with Gasteiger partial charge in [-0.3, -0.25) is 4.40 Å². The molecule has 2 heterocycles. The number of nitrogens with zero attached hydrogens (tertiary/aromatic N) is 3. The van der Waals surface area contributed by atoms with E-state index >= 15 is 0 Å². The van der Waals surface area contributed by atoms with Crippen LogP contribution >= 0.6 is 0 Å². The van der Waals surface area contributed by atoms with Crippen molar-refractivity contribution in [2.45, 2.75) is 38.0 Å². The van der Waals surface area contributed by atoms with Gasteiger partial charge in [0.2, 0.25) is 0 Å². The molecule has 0 aliphatic heterocycles. The third-order valence-corrected chi connectivity index (χ3v) is 5.69. The zero-order valence-electron chi connectivity index (χ0n) is 18.1. The molecule has 2 aromatic carbocycles. The summed E-state index contributed by atoms with van der Waals surface area (Å²) in [5.41, 5.74) is 9.08. The number of imidazole rings is 1. The van der Waals surface area contributed by atoms with Crippen LogP contribution in [0.3, 0.4) is 0 Å². The molecule has 5 rings (SSSR count). The van der Waals surface area contributed by atoms with E-state index in [4.69, 9.17) is 30.5 Å². The van der Waals surface area contributed by atoms with E-state index in [0.29, 0.717) is 11.7 Å². The minimum absolute atomic E-state index is 0.479. The average molecular weight is 447 g/mol. The van der Waals surface area contributed by atoms with Crippen LogP contribution in [-0.2, 0) is 0 Å². The molecule has 0 saturated heterocycles. The predicted octanol–water partition coefficient (Wildman–Crippen LogP) is 6.04. The summed E-state index contributed by atoms with van der Waals surface area (Å²) >= 11 is 0. The molecule has 4 N–H and O–H groups in total. The highest BCUT2D eigenvalue weighted by atomic mass is 16.6. The lowest BCUT2D eigenvalue weighted by Gasteiger charge is -2.20. The van der Waals surface area contributed by atoms with Crippen molar-refractivity contribution in [3.05, 3.63) is 72.8 Å². The standard InChI is InChI=1S/C24H24N4O.CH2O3/c25-23-22-21(17-11-13-20(14-12-17)29-19-9-5-2-6-10-19)27-24(28(22)16-15-26-23)18-7-3-1-4-8-18;2-1(3)4/h2,5-6,9-16,18H,1,3-4,7-8H2,(H2,25,26);(H2,2,3,4). The molecule has 1 aliphatic carbocycles. The molecular weight excluding hydrogens is 420 g/mol. The molecule has 2 aromatic heterocycles. The van der Waals surface area contributed by atoms with Crippen molar-refractivity contribution in [3.63, 3.8) is 0 Å². The third-order valence-electron chi connectivity index (χ3n) is 5.69. The lowest BCUT2D eigenvalue weighted by atomic mass is 9.89. The highest BCUT2D eigenvalue weighted by molar-refractivity contribution is 5.85. The summed E-state index contributed by atoms with van der Waals surface area (Å²) in [4.78, 5) is 17.9. The normalized spacial score (nSPS) is 13.8. The first-order chi connectivity index (χ1) is 16.0. The van der Waals surface area contributed by atoms with Gasteiger partial charge in [0.25, 0.3) is 0 Å². The molecule has 170 valence electrons. The van der Waals surface area contributed by atoms with Crippen molar-refractivity contribution in [3.8, 4) is 22.8 Å². The zero-order chi connectivity index (χ0) is 23.2. The Morgan fingerprint density at radius 2 is 1.61 bits per heavy atom. The van der Waals surface area contributed by atoms with Gasteiger partial charge in [0.1, 0.15) is 34.4 Å². The third kappa shape index (κ3) is 5.23. The van der Waals surface area contributed by atoms with E-state index < -0.39 is 6.16 Å². The van der Waals surface area contributed by atoms with Crippen LogP contribution < -0.4 is 10.5 Å². The summed E-state index contributed by atoms with van der Waals surface area (Å²) in [6, 6.07) is 17.8. The molecule has 1 aliphatic rings. The quantitative estimate of drug-likeness (QED) is 0.349. The summed E-state index contributed by atoms with van der Waals surface area (Å²) in [6.07, 6.45) is 8.13. The molecule has 1 saturated carbocycles. The van der Waals surface area contributed by atoms with Gasteiger partial charge in [-0.25, -0.2) is 14.8 Å². The second kappa shape index (κ2) is 10.0. The molecule has 8 nitrogen and oxygen atoms in total. The van der Waals surface area contributed by atoms with Gasteiger partial charge in [0.05, 0.1) is 0 Å². The van der Waals surface area contributed by atoms with Crippen LogP contribution in [0.15, 0.2) is 67.0 Å². The number of benzene rings is 2. The van der Waals surface area contributed by atoms with E-state index in [1.54, 1.807) is 6.20 Å². The lowest BCUT2D eigenvalue weighted by Crippen LogP contribution is -2.09. The summed E-state index contributed by atoms with van der Waals surface area (Å²) in [6.45, 7) is 0. The number of hydrogen-bond acceptors (Lipinski definition) is 5. The number of rotatable bonds is 4. The summed E-state index contributed by atoms with van der Waals surface area (Å²) < 4.78 is 8.06. The molecule has 0 atom stereocenters. The van der Waals surface area contributed by atoms with Gasteiger partial charge in [-0.2, -0.15) is 0 Å². The van der Waals surface area contributed by atoms with Gasteiger partial charge in [0.15, 0.2) is 0 Å². The Labute approximate surface area is 191 Å². The maximum absolute atomic E-state index is 8.56. The molecule has 8 heteroatoms. The van der Waals surface area contributed by atoms with Crippen LogP contribution in [0.5, 0.6) is 11.5 Å². The predicted molar refractivity (Wildman–Crippen MR) is 126 cm³/mol. The number of aromatic nitrogens is 3. The van der Waals surface area contributed by atoms with Crippen molar-refractivity contribution in [1.29, 1.82) is 0 Å². The van der Waals surface area contributed by atoms with Crippen LogP contribution in [-0.4, -0.2) is 30.7 Å². The highest BCUT2D eigenvalue weighted by Crippen LogP contribution is 2.37. The highest BCUT2D eigenvalue weighted by Gasteiger charge is 2.24. The molecule has 0 unspecified atom stereocenters. The van der Waals surface area contributed by atoms with Gasteiger partial charge < -0.3 is 20.7 Å². The fraction of sp³-hybridized carbons (Fsp3) is 0.240. The number of anilines is 1. The summed E-state index contributed by atoms with van der Waals surface area (Å²) in [7, 11) is 0. The number of carbonyl (C=O) groups is 1. The number of ether oxygens (including phenoxy) is 1. The van der Waals surface area contributed by atoms with E-state index in [-0.39, 0.29) is 0 Å². The van der Waals surface area contributed by atoms with Crippen LogP contribution in [0.25, 0.3) is 16.8 Å². The Hall–Kier alpha value is -4.07. The van der Waals surface area contributed by atoms with Crippen LogP contribution in [0.2, 0.25) is 0 Å². The molecule has 0 spiro atoms. The van der Waals surface area contributed by atoms with E-state index in [1.165, 1.54) is 32.1 Å². The van der Waals surface area contributed by atoms with Gasteiger partial charge in [-0.1, -0.05) is 37.5 Å². The maximum Gasteiger partial charge on any atom is 0.503 e. The molecule has 0 radical (unpaired) electrons. The first kappa shape index (κ1) is 22.1. The fourth-order valence-corrected chi connectivity index (χ4v) is 4.24. The van der Waals surface area contributed by atoms with E-state index in [1.807, 2.05) is 60.8 Å². The molecule has 0 bridgehead atoms. The van der Waals surface area contributed by atoms with Gasteiger partial charge >= 0.3 is 6.16 Å². The smallest absolute Gasteiger partial charge is 0.457 e. The first-order valence-corrected chi connectivity index (χ1v) is 10.9. The minimum Gasteiger partial charge on any atom is -0.457 e. The summed E-state index contributed by atoms with van der Waals surface area (Å²) in [5, 5.41) is 13.9. The van der Waals surface area contributed by atoms with E-state index in [9.17, 15) is 0 Å². The Morgan fingerprint density at radius 3 is 2.27 bits per heavy atom. The number of nitrogens with two attached hydrogens (primary N) is 1. The van der Waals surface area contributed by atoms with Gasteiger partial charge in [-0.05, 0) is 49.2 Å². The monoisotopic (exact) mass is 446 g/mol. The Kier molecular flexibility index (Phi) is 6.73. The second-order valence-electron chi connectivity index (χ2n) is 7.91. The number of nitrogen functional groups attached to an aromatic ring is 1. The van der Waals surface area contributed by atoms with Crippen molar-refractivity contribution in [1.82, 2.24) is 14.4 Å².